The van der Waals surface area contributed by atoms with Crippen LogP contribution in [0.5, 0.6) is 0 Å². The van der Waals surface area contributed by atoms with Gasteiger partial charge in [-0.3, -0.25) is 0 Å². The lowest BCUT2D eigenvalue weighted by molar-refractivity contribution is 1.09. The van der Waals surface area contributed by atoms with Gasteiger partial charge in [0.25, 0.3) is 0 Å². The van der Waals surface area contributed by atoms with Gasteiger partial charge in [-0.05, 0) is 24.0 Å². The lowest BCUT2D eigenvalue weighted by atomic mass is 10.1. The van der Waals surface area contributed by atoms with Gasteiger partial charge >= 0.3 is 0 Å². The van der Waals surface area contributed by atoms with Crippen LogP contribution in [0.15, 0.2) is 16.9 Å². The quantitative estimate of drug-likeness (QED) is 0.386. The van der Waals surface area contributed by atoms with Gasteiger partial charge in [-0.25, -0.2) is 0 Å². The van der Waals surface area contributed by atoms with Crippen molar-refractivity contribution < 1.29 is 0 Å². The van der Waals surface area contributed by atoms with Crippen molar-refractivity contribution in [2.24, 2.45) is 0 Å². The molecule has 0 atom stereocenters. The largest absolute Gasteiger partial charge is 0.122 e. The van der Waals surface area contributed by atoms with E-state index in [-0.39, 0.29) is 0 Å². The van der Waals surface area contributed by atoms with Crippen molar-refractivity contribution in [1.82, 2.24) is 0 Å². The molecule has 0 heterocycles. The third-order valence-electron chi connectivity index (χ3n) is 1.51. The molecule has 0 aliphatic heterocycles. The highest BCUT2D eigenvalue weighted by Gasteiger charge is 2.18. The van der Waals surface area contributed by atoms with Gasteiger partial charge in [0.1, 0.15) is 0 Å². The summed E-state index contributed by atoms with van der Waals surface area (Å²) in [6.07, 6.45) is 3.96. The highest BCUT2D eigenvalue weighted by Crippen LogP contribution is 2.35. The molecule has 3 rings (SSSR count). The van der Waals surface area contributed by atoms with Gasteiger partial charge in [-0.1, -0.05) is 0 Å². The van der Waals surface area contributed by atoms with E-state index in [1.165, 1.54) is 19.3 Å². The number of fused-ring (bicyclic) bond motifs is 1. The van der Waals surface area contributed by atoms with Gasteiger partial charge in [0.2, 0.25) is 0 Å². The number of rotatable bonds is 0. The molecule has 3 aliphatic carbocycles. The Kier molecular flexibility index (Phi) is 0.273. The molecular formula is C6H6. The lowest BCUT2D eigenvalue weighted by Crippen LogP contribution is -1.76. The lowest BCUT2D eigenvalue weighted by Gasteiger charge is -1.94. The molecule has 0 aromatic carbocycles. The van der Waals surface area contributed by atoms with E-state index >= 15 is 0 Å². The Morgan fingerprint density at radius 1 is 1.17 bits per heavy atom. The Morgan fingerprint density at radius 2 is 1.67 bits per heavy atom. The molecule has 0 nitrogen and oxygen atoms in total. The van der Waals surface area contributed by atoms with Crippen molar-refractivity contribution in [3.05, 3.63) is 16.9 Å². The molecule has 0 heteroatoms. The summed E-state index contributed by atoms with van der Waals surface area (Å²) >= 11 is 0. The molecular weight excluding hydrogens is 72.1 g/mol. The molecule has 0 amide bonds. The average Bonchev–Trinajstić information content (AvgIpc) is 1.72. The molecule has 3 aliphatic rings. The van der Waals surface area contributed by atoms with Crippen molar-refractivity contribution in [3.8, 4) is 0 Å². The van der Waals surface area contributed by atoms with E-state index in [1.54, 1.807) is 11.1 Å². The molecule has 1 saturated carbocycles. The summed E-state index contributed by atoms with van der Waals surface area (Å²) in [7, 11) is 0. The van der Waals surface area contributed by atoms with Crippen molar-refractivity contribution in [1.29, 1.82) is 0 Å². The third kappa shape index (κ3) is 0.143. The van der Waals surface area contributed by atoms with Gasteiger partial charge < -0.3 is 0 Å². The monoisotopic (exact) mass is 78.0 g/mol. The van der Waals surface area contributed by atoms with Crippen LogP contribution in [-0.4, -0.2) is 0 Å². The summed E-state index contributed by atoms with van der Waals surface area (Å²) in [6, 6.07) is 0. The smallest absolute Gasteiger partial charge is 0.00443 e. The minimum Gasteiger partial charge on any atom is -0.122 e. The SMILES string of the molecule is C1=C2CCC=1C2. The van der Waals surface area contributed by atoms with E-state index in [9.17, 15) is 0 Å². The van der Waals surface area contributed by atoms with Gasteiger partial charge in [-0.2, -0.15) is 0 Å². The molecule has 6 heavy (non-hydrogen) atoms. The summed E-state index contributed by atoms with van der Waals surface area (Å²) in [5, 5.41) is 0. The fraction of sp³-hybridized carbons (Fsp3) is 0.500. The zero-order chi connectivity index (χ0) is 3.98. The molecule has 1 fully saturated rings. The van der Waals surface area contributed by atoms with E-state index in [0.717, 1.165) is 0 Å². The van der Waals surface area contributed by atoms with E-state index < -0.39 is 0 Å². The Hall–Kier alpha value is -0.480. The molecule has 30 valence electrons. The number of allylic oxidation sites excluding steroid dienone is 1. The van der Waals surface area contributed by atoms with Crippen molar-refractivity contribution in [2.45, 2.75) is 19.3 Å². The zero-order valence-electron chi connectivity index (χ0n) is 3.62. The highest BCUT2D eigenvalue weighted by atomic mass is 14.2. The first-order chi connectivity index (χ1) is 2.95. The van der Waals surface area contributed by atoms with Crippen LogP contribution in [0.3, 0.4) is 0 Å². The predicted octanol–water partition coefficient (Wildman–Crippen LogP) is 1.64. The first-order valence-corrected chi connectivity index (χ1v) is 2.41. The van der Waals surface area contributed by atoms with Crippen LogP contribution in [0.25, 0.3) is 0 Å². The molecule has 0 saturated heterocycles. The van der Waals surface area contributed by atoms with Gasteiger partial charge in [0.05, 0.1) is 0 Å². The summed E-state index contributed by atoms with van der Waals surface area (Å²) < 4.78 is 0. The van der Waals surface area contributed by atoms with Crippen molar-refractivity contribution in [2.75, 3.05) is 0 Å². The average molecular weight is 78.1 g/mol. The topological polar surface area (TPSA) is 0 Å². The van der Waals surface area contributed by atoms with Crippen LogP contribution >= 0.6 is 0 Å². The summed E-state index contributed by atoms with van der Waals surface area (Å²) in [6.45, 7) is 0. The predicted molar refractivity (Wildman–Crippen MR) is 24.4 cm³/mol. The fourth-order valence-corrected chi connectivity index (χ4v) is 1.09. The molecule has 0 N–H and O–H groups in total. The third-order valence-corrected chi connectivity index (χ3v) is 1.51. The second-order valence-corrected chi connectivity index (χ2v) is 2.01. The maximum Gasteiger partial charge on any atom is 0.00443 e. The maximum atomic E-state index is 3.25. The Morgan fingerprint density at radius 3 is 1.83 bits per heavy atom. The van der Waals surface area contributed by atoms with Gasteiger partial charge in [0.15, 0.2) is 0 Å². The molecule has 0 spiro atoms. The van der Waals surface area contributed by atoms with Crippen molar-refractivity contribution >= 4 is 0 Å². The second-order valence-electron chi connectivity index (χ2n) is 2.01. The van der Waals surface area contributed by atoms with E-state index in [4.69, 9.17) is 0 Å². The minimum atomic E-state index is 1.31. The van der Waals surface area contributed by atoms with E-state index in [2.05, 4.69) is 5.73 Å². The summed E-state index contributed by atoms with van der Waals surface area (Å²) in [5.41, 5.74) is 6.37. The Bertz CT molecular complexity index is 123. The summed E-state index contributed by atoms with van der Waals surface area (Å²) in [5.74, 6) is 0. The minimum absolute atomic E-state index is 1.31. The first-order valence-electron chi connectivity index (χ1n) is 2.41. The van der Waals surface area contributed by atoms with Crippen LogP contribution in [0.1, 0.15) is 19.3 Å². The van der Waals surface area contributed by atoms with Crippen LogP contribution < -0.4 is 0 Å². The molecule has 2 bridgehead atoms. The Labute approximate surface area is 37.2 Å². The van der Waals surface area contributed by atoms with Crippen LogP contribution in [0.2, 0.25) is 0 Å². The van der Waals surface area contributed by atoms with E-state index in [1.807, 2.05) is 0 Å². The number of hydrogen-bond acceptors (Lipinski definition) is 0. The number of hydrogen-bond donors (Lipinski definition) is 0. The van der Waals surface area contributed by atoms with Crippen LogP contribution in [0.4, 0.5) is 0 Å². The fourth-order valence-electron chi connectivity index (χ4n) is 1.09. The normalized spacial score (nSPS) is 25.3. The Balaban J connectivity index is 2.61. The van der Waals surface area contributed by atoms with Crippen LogP contribution in [0, 0.1) is 0 Å². The molecule has 0 aromatic heterocycles. The zero-order valence-corrected chi connectivity index (χ0v) is 3.62. The first kappa shape index (κ1) is 2.65. The molecule has 0 radical (unpaired) electrons. The van der Waals surface area contributed by atoms with Crippen LogP contribution in [-0.2, 0) is 0 Å². The maximum absolute atomic E-state index is 3.25. The highest BCUT2D eigenvalue weighted by molar-refractivity contribution is 5.33. The second kappa shape index (κ2) is 0.618. The van der Waals surface area contributed by atoms with E-state index in [0.29, 0.717) is 0 Å². The van der Waals surface area contributed by atoms with Gasteiger partial charge in [0, 0.05) is 6.42 Å². The standard InChI is InChI=1S/C6H6/c1-2-6-3-5(1)4-6/h1-3H2. The van der Waals surface area contributed by atoms with Gasteiger partial charge in [-0.15, -0.1) is 5.73 Å². The summed E-state index contributed by atoms with van der Waals surface area (Å²) in [4.78, 5) is 0. The molecule has 0 unspecified atom stereocenters. The molecule has 0 aromatic rings. The van der Waals surface area contributed by atoms with Crippen molar-refractivity contribution in [3.63, 3.8) is 0 Å².